The molecule has 1 atom stereocenters. The van der Waals surface area contributed by atoms with Gasteiger partial charge in [0, 0.05) is 22.9 Å². The summed E-state index contributed by atoms with van der Waals surface area (Å²) in [6.07, 6.45) is 2.79. The van der Waals surface area contributed by atoms with Gasteiger partial charge in [0.2, 0.25) is 5.39 Å². The highest BCUT2D eigenvalue weighted by Crippen LogP contribution is 2.29. The van der Waals surface area contributed by atoms with Crippen LogP contribution in [-0.4, -0.2) is 25.3 Å². The molecular formula is C16H12N3O4S+. The fraction of sp³-hybridized carbons (Fsp3) is 0.0625. The summed E-state index contributed by atoms with van der Waals surface area (Å²) in [5, 5.41) is 18.1. The lowest BCUT2D eigenvalue weighted by atomic mass is 9.93. The van der Waals surface area contributed by atoms with E-state index in [4.69, 9.17) is 5.39 Å². The number of benzene rings is 2. The summed E-state index contributed by atoms with van der Waals surface area (Å²) in [6, 6.07) is 8.85. The van der Waals surface area contributed by atoms with Crippen LogP contribution >= 0.6 is 0 Å². The number of phenolic OH excluding ortho intramolecular Hbond substituents is 1. The molecule has 0 saturated carbocycles. The fourth-order valence-corrected chi connectivity index (χ4v) is 3.71. The molecule has 1 unspecified atom stereocenters. The van der Waals surface area contributed by atoms with E-state index in [0.717, 1.165) is 0 Å². The van der Waals surface area contributed by atoms with Crippen molar-refractivity contribution in [2.75, 3.05) is 4.72 Å². The van der Waals surface area contributed by atoms with Crippen LogP contribution in [-0.2, 0) is 10.0 Å². The van der Waals surface area contributed by atoms with E-state index >= 15 is 0 Å². The minimum Gasteiger partial charge on any atom is -0.508 e. The van der Waals surface area contributed by atoms with Gasteiger partial charge in [-0.25, -0.2) is 8.42 Å². The zero-order chi connectivity index (χ0) is 17.3. The Morgan fingerprint density at radius 2 is 1.83 bits per heavy atom. The molecule has 2 aromatic carbocycles. The van der Waals surface area contributed by atoms with Gasteiger partial charge in [-0.1, -0.05) is 12.1 Å². The lowest BCUT2D eigenvalue weighted by molar-refractivity contribution is 0.0987. The molecule has 0 bridgehead atoms. The predicted molar refractivity (Wildman–Crippen MR) is 87.6 cm³/mol. The molecule has 3 rings (SSSR count). The highest BCUT2D eigenvalue weighted by Gasteiger charge is 2.35. The van der Waals surface area contributed by atoms with Crippen molar-refractivity contribution in [2.24, 2.45) is 0 Å². The minimum absolute atomic E-state index is 0.0161. The molecular weight excluding hydrogens is 330 g/mol. The summed E-state index contributed by atoms with van der Waals surface area (Å²) in [6.45, 7) is 0. The smallest absolute Gasteiger partial charge is 0.394 e. The summed E-state index contributed by atoms with van der Waals surface area (Å²) in [7, 11) is -3.94. The molecule has 8 heteroatoms. The summed E-state index contributed by atoms with van der Waals surface area (Å²) in [4.78, 5) is 15.1. The third kappa shape index (κ3) is 2.73. The van der Waals surface area contributed by atoms with Gasteiger partial charge in [0.25, 0.3) is 15.8 Å². The van der Waals surface area contributed by atoms with Gasteiger partial charge >= 0.3 is 6.04 Å². The standard InChI is InChI=1S/C16H11N3O4S/c17-18-14-9-8-12-13(16(14)21)2-1-3-15(12)24(22,23)19-10-4-6-11(20)7-5-10/h1-9,14,17H/p+1. The van der Waals surface area contributed by atoms with Crippen LogP contribution in [0.5, 0.6) is 5.75 Å². The molecule has 0 saturated heterocycles. The minimum atomic E-state index is -3.94. The van der Waals surface area contributed by atoms with Gasteiger partial charge in [0.05, 0.1) is 4.90 Å². The molecule has 0 aromatic heterocycles. The lowest BCUT2D eigenvalue weighted by Crippen LogP contribution is -2.22. The number of ketones is 1. The van der Waals surface area contributed by atoms with E-state index in [0.29, 0.717) is 0 Å². The Balaban J connectivity index is 2.04. The first kappa shape index (κ1) is 15.7. The molecule has 120 valence electrons. The monoisotopic (exact) mass is 342 g/mol. The average Bonchev–Trinajstić information content (AvgIpc) is 2.57. The summed E-state index contributed by atoms with van der Waals surface area (Å²) >= 11 is 0. The quantitative estimate of drug-likeness (QED) is 0.658. The lowest BCUT2D eigenvalue weighted by Gasteiger charge is -2.14. The molecule has 0 aliphatic heterocycles. The molecule has 7 nitrogen and oxygen atoms in total. The molecule has 0 heterocycles. The Morgan fingerprint density at radius 1 is 1.12 bits per heavy atom. The van der Waals surface area contributed by atoms with Crippen LogP contribution in [0, 0.1) is 5.39 Å². The molecule has 0 fully saturated rings. The van der Waals surface area contributed by atoms with Gasteiger partial charge in [-0.05, 0) is 36.4 Å². The number of diazo groups is 1. The molecule has 1 aliphatic rings. The first-order valence-corrected chi connectivity index (χ1v) is 8.42. The van der Waals surface area contributed by atoms with Crippen LogP contribution < -0.4 is 4.72 Å². The molecule has 2 N–H and O–H groups in total. The number of carbonyl (C=O) groups excluding carboxylic acids is 1. The molecule has 0 spiro atoms. The number of nitrogens with one attached hydrogen (secondary N) is 1. The van der Waals surface area contributed by atoms with Crippen LogP contribution in [0.2, 0.25) is 0 Å². The van der Waals surface area contributed by atoms with Crippen molar-refractivity contribution in [3.8, 4) is 5.75 Å². The number of carbonyl (C=O) groups is 1. The second-order valence-corrected chi connectivity index (χ2v) is 6.80. The fourth-order valence-electron chi connectivity index (χ4n) is 2.43. The maximum absolute atomic E-state index is 12.6. The summed E-state index contributed by atoms with van der Waals surface area (Å²) < 4.78 is 27.6. The number of hydrogen-bond acceptors (Lipinski definition) is 5. The third-order valence-corrected chi connectivity index (χ3v) is 5.02. The average molecular weight is 342 g/mol. The molecule has 2 aromatic rings. The Kier molecular flexibility index (Phi) is 3.79. The van der Waals surface area contributed by atoms with Crippen LogP contribution in [0.3, 0.4) is 0 Å². The van der Waals surface area contributed by atoms with Crippen LogP contribution in [0.1, 0.15) is 15.9 Å². The number of hydrogen-bond donors (Lipinski definition) is 2. The van der Waals surface area contributed by atoms with E-state index in [2.05, 4.69) is 9.70 Å². The molecule has 24 heavy (non-hydrogen) atoms. The van der Waals surface area contributed by atoms with Gasteiger partial charge in [0.15, 0.2) is 0 Å². The second kappa shape index (κ2) is 5.79. The zero-order valence-electron chi connectivity index (χ0n) is 12.2. The number of phenols is 1. The molecule has 1 aliphatic carbocycles. The van der Waals surface area contributed by atoms with E-state index in [9.17, 15) is 18.3 Å². The van der Waals surface area contributed by atoms with Gasteiger partial charge in [-0.15, -0.1) is 0 Å². The summed E-state index contributed by atoms with van der Waals surface area (Å²) in [5.41, 5.74) is 0.697. The number of Topliss-reactive ketones (excluding diaryl/α,β-unsaturated/α-hetero) is 1. The maximum atomic E-state index is 12.6. The Labute approximate surface area is 137 Å². The van der Waals surface area contributed by atoms with Crippen LogP contribution in [0.15, 0.2) is 53.4 Å². The van der Waals surface area contributed by atoms with Crippen molar-refractivity contribution in [2.45, 2.75) is 10.9 Å². The second-order valence-electron chi connectivity index (χ2n) is 5.15. The number of sulfonamides is 1. The van der Waals surface area contributed by atoms with E-state index < -0.39 is 21.8 Å². The van der Waals surface area contributed by atoms with Crippen molar-refractivity contribution in [3.05, 3.63) is 64.6 Å². The number of aromatic hydroxyl groups is 1. The number of rotatable bonds is 3. The third-order valence-electron chi connectivity index (χ3n) is 3.58. The van der Waals surface area contributed by atoms with Crippen molar-refractivity contribution in [1.82, 2.24) is 0 Å². The largest absolute Gasteiger partial charge is 0.508 e. The first-order valence-electron chi connectivity index (χ1n) is 6.94. The van der Waals surface area contributed by atoms with Crippen LogP contribution in [0.25, 0.3) is 11.1 Å². The van der Waals surface area contributed by atoms with Gasteiger partial charge in [0.1, 0.15) is 10.7 Å². The van der Waals surface area contributed by atoms with Crippen molar-refractivity contribution in [1.29, 1.82) is 5.39 Å². The Morgan fingerprint density at radius 3 is 2.50 bits per heavy atom. The van der Waals surface area contributed by atoms with E-state index in [1.165, 1.54) is 54.6 Å². The van der Waals surface area contributed by atoms with Gasteiger partial charge in [-0.3, -0.25) is 9.52 Å². The van der Waals surface area contributed by atoms with E-state index in [1.54, 1.807) is 0 Å². The number of nitrogens with zero attached hydrogens (tertiary/aromatic N) is 2. The van der Waals surface area contributed by atoms with Crippen molar-refractivity contribution >= 4 is 27.6 Å². The Bertz CT molecular complexity index is 989. The number of fused-ring (bicyclic) bond motifs is 1. The van der Waals surface area contributed by atoms with Crippen LogP contribution in [0.4, 0.5) is 5.69 Å². The van der Waals surface area contributed by atoms with Crippen molar-refractivity contribution < 1.29 is 18.3 Å². The highest BCUT2D eigenvalue weighted by molar-refractivity contribution is 7.92. The molecule has 0 amide bonds. The highest BCUT2D eigenvalue weighted by atomic mass is 32.2. The maximum Gasteiger partial charge on any atom is 0.394 e. The summed E-state index contributed by atoms with van der Waals surface area (Å²) in [5.74, 6) is -0.459. The SMILES string of the molecule is N#[N+]C1C=Cc2c(cccc2S(=O)(=O)Nc2ccc(O)cc2)C1=O. The van der Waals surface area contributed by atoms with E-state index in [-0.39, 0.29) is 27.5 Å². The van der Waals surface area contributed by atoms with Gasteiger partial charge in [-0.2, -0.15) is 0 Å². The number of anilines is 1. The Hall–Kier alpha value is -3.18. The predicted octanol–water partition coefficient (Wildman–Crippen LogP) is 2.62. The normalized spacial score (nSPS) is 16.3. The topological polar surface area (TPSA) is 112 Å². The first-order chi connectivity index (χ1) is 11.4. The van der Waals surface area contributed by atoms with E-state index in [1.807, 2.05) is 0 Å². The van der Waals surface area contributed by atoms with Gasteiger partial charge < -0.3 is 5.11 Å². The molecule has 0 radical (unpaired) electrons. The zero-order valence-corrected chi connectivity index (χ0v) is 13.1. The van der Waals surface area contributed by atoms with Crippen molar-refractivity contribution in [3.63, 3.8) is 0 Å².